The monoisotopic (exact) mass is 500 g/mol. The molecule has 2 saturated heterocycles. The number of rotatable bonds is 16. The van der Waals surface area contributed by atoms with E-state index in [1.54, 1.807) is 13.8 Å². The lowest BCUT2D eigenvalue weighted by atomic mass is 9.85. The van der Waals surface area contributed by atoms with Crippen LogP contribution in [0.3, 0.4) is 0 Å². The van der Waals surface area contributed by atoms with E-state index in [2.05, 4.69) is 0 Å². The molecule has 0 aromatic heterocycles. The number of epoxide rings is 1. The minimum Gasteiger partial charge on any atom is -0.481 e. The van der Waals surface area contributed by atoms with Crippen LogP contribution in [0, 0.1) is 11.8 Å². The molecule has 0 amide bonds. The van der Waals surface area contributed by atoms with Gasteiger partial charge in [0.2, 0.25) is 0 Å². The third-order valence-corrected chi connectivity index (χ3v) is 7.09. The van der Waals surface area contributed by atoms with Crippen molar-refractivity contribution in [1.82, 2.24) is 0 Å². The van der Waals surface area contributed by atoms with Gasteiger partial charge in [0.15, 0.2) is 0 Å². The number of unbranched alkanes of at least 4 members (excludes halogenated alkanes) is 5. The molecule has 0 aliphatic carbocycles. The number of carboxylic acid groups (broad SMARTS) is 1. The van der Waals surface area contributed by atoms with Gasteiger partial charge in [-0.2, -0.15) is 0 Å². The molecular weight excluding hydrogens is 456 g/mol. The molecule has 2 aliphatic rings. The Kier molecular flexibility index (Phi) is 12.6. The first kappa shape index (κ1) is 29.7. The van der Waals surface area contributed by atoms with Crippen molar-refractivity contribution in [2.24, 2.45) is 11.8 Å². The van der Waals surface area contributed by atoms with Gasteiger partial charge in [-0.1, -0.05) is 38.2 Å². The van der Waals surface area contributed by atoms with Crippen molar-refractivity contribution in [3.8, 4) is 0 Å². The van der Waals surface area contributed by atoms with Crippen LogP contribution in [0.25, 0.3) is 0 Å². The second kappa shape index (κ2) is 14.9. The highest BCUT2D eigenvalue weighted by atomic mass is 16.6. The summed E-state index contributed by atoms with van der Waals surface area (Å²) in [5.41, 5.74) is 0.708. The fraction of sp³-hybridized carbons (Fsp3) is 0.846. The molecule has 202 valence electrons. The van der Waals surface area contributed by atoms with Gasteiger partial charge in [-0.15, -0.1) is 0 Å². The van der Waals surface area contributed by atoms with E-state index in [4.69, 9.17) is 19.3 Å². The van der Waals surface area contributed by atoms with E-state index >= 15 is 0 Å². The van der Waals surface area contributed by atoms with Crippen LogP contribution in [-0.4, -0.2) is 82.2 Å². The molecule has 0 aromatic rings. The molecule has 2 rings (SSSR count). The summed E-state index contributed by atoms with van der Waals surface area (Å²) in [5.74, 6) is -1.42. The summed E-state index contributed by atoms with van der Waals surface area (Å²) >= 11 is 0. The highest BCUT2D eigenvalue weighted by Gasteiger charge is 2.48. The second-order valence-electron chi connectivity index (χ2n) is 10.2. The van der Waals surface area contributed by atoms with Gasteiger partial charge in [0.1, 0.15) is 6.10 Å². The Morgan fingerprint density at radius 1 is 1.03 bits per heavy atom. The lowest BCUT2D eigenvalue weighted by Crippen LogP contribution is -2.50. The Bertz CT molecular complexity index is 692. The normalized spacial score (nSPS) is 30.5. The smallest absolute Gasteiger partial charge is 0.330 e. The molecule has 8 atom stereocenters. The summed E-state index contributed by atoms with van der Waals surface area (Å²) in [6.45, 7) is 6.07. The molecule has 0 radical (unpaired) electrons. The van der Waals surface area contributed by atoms with Crippen LogP contribution in [0.5, 0.6) is 0 Å². The summed E-state index contributed by atoms with van der Waals surface area (Å²) in [7, 11) is 0. The number of ether oxygens (including phenoxy) is 3. The van der Waals surface area contributed by atoms with E-state index in [-0.39, 0.29) is 30.5 Å². The Hall–Kier alpha value is -1.52. The first-order chi connectivity index (χ1) is 16.6. The van der Waals surface area contributed by atoms with Gasteiger partial charge in [-0.25, -0.2) is 4.79 Å². The highest BCUT2D eigenvalue weighted by Crippen LogP contribution is 2.38. The third kappa shape index (κ3) is 10.6. The largest absolute Gasteiger partial charge is 0.481 e. The van der Waals surface area contributed by atoms with Gasteiger partial charge in [-0.3, -0.25) is 4.79 Å². The number of carbonyl (C=O) groups is 2. The average molecular weight is 501 g/mol. The number of aliphatic hydroxyl groups is 3. The maximum Gasteiger partial charge on any atom is 0.330 e. The minimum atomic E-state index is -1.06. The summed E-state index contributed by atoms with van der Waals surface area (Å²) in [4.78, 5) is 22.5. The third-order valence-electron chi connectivity index (χ3n) is 7.09. The molecule has 0 saturated carbocycles. The molecule has 2 heterocycles. The molecule has 2 fully saturated rings. The average Bonchev–Trinajstić information content (AvgIpc) is 3.55. The lowest BCUT2D eigenvalue weighted by molar-refractivity contribution is -0.165. The zero-order valence-corrected chi connectivity index (χ0v) is 21.3. The topological polar surface area (TPSA) is 146 Å². The van der Waals surface area contributed by atoms with Gasteiger partial charge in [-0.05, 0) is 39.5 Å². The van der Waals surface area contributed by atoms with Crippen molar-refractivity contribution in [3.05, 3.63) is 11.6 Å². The van der Waals surface area contributed by atoms with Crippen LogP contribution in [-0.2, 0) is 23.8 Å². The van der Waals surface area contributed by atoms with Crippen molar-refractivity contribution in [3.63, 3.8) is 0 Å². The van der Waals surface area contributed by atoms with E-state index < -0.39 is 36.4 Å². The van der Waals surface area contributed by atoms with Gasteiger partial charge in [0.05, 0.1) is 43.7 Å². The second-order valence-corrected chi connectivity index (χ2v) is 10.2. The minimum absolute atomic E-state index is 0.0160. The van der Waals surface area contributed by atoms with E-state index in [9.17, 15) is 24.9 Å². The Morgan fingerprint density at radius 2 is 1.69 bits per heavy atom. The highest BCUT2D eigenvalue weighted by molar-refractivity contribution is 5.82. The number of carboxylic acids is 1. The van der Waals surface area contributed by atoms with Crippen LogP contribution in [0.1, 0.15) is 78.6 Å². The number of hydrogen-bond acceptors (Lipinski definition) is 8. The predicted molar refractivity (Wildman–Crippen MR) is 129 cm³/mol. The van der Waals surface area contributed by atoms with Crippen molar-refractivity contribution in [2.75, 3.05) is 13.2 Å². The molecule has 0 bridgehead atoms. The summed E-state index contributed by atoms with van der Waals surface area (Å²) in [6, 6.07) is 0. The molecule has 4 N–H and O–H groups in total. The molecule has 9 nitrogen and oxygen atoms in total. The van der Waals surface area contributed by atoms with E-state index in [1.165, 1.54) is 6.08 Å². The van der Waals surface area contributed by atoms with Crippen LogP contribution in [0.15, 0.2) is 11.6 Å². The zero-order valence-electron chi connectivity index (χ0n) is 21.3. The fourth-order valence-corrected chi connectivity index (χ4v) is 4.59. The SMILES string of the molecule is C/C(=C\C(=O)OCCCCCCCCC(=O)O)C[C@@H]1OCC(C[C@H]2O[C@H]2[C@@H](C)[C@H](C)O)[C@@H](O)[C@H]1O. The maximum atomic E-state index is 12.1. The van der Waals surface area contributed by atoms with Gasteiger partial charge in [0, 0.05) is 24.3 Å². The molecule has 0 aromatic carbocycles. The van der Waals surface area contributed by atoms with Crippen LogP contribution < -0.4 is 0 Å². The lowest BCUT2D eigenvalue weighted by Gasteiger charge is -2.38. The molecule has 0 spiro atoms. The molecule has 35 heavy (non-hydrogen) atoms. The number of carbonyl (C=O) groups excluding carboxylic acids is 1. The Morgan fingerprint density at radius 3 is 2.34 bits per heavy atom. The molecule has 9 heteroatoms. The van der Waals surface area contributed by atoms with Gasteiger partial charge < -0.3 is 34.6 Å². The molecule has 2 aliphatic heterocycles. The summed E-state index contributed by atoms with van der Waals surface area (Å²) < 4.78 is 16.7. The quantitative estimate of drug-likeness (QED) is 0.109. The van der Waals surface area contributed by atoms with E-state index in [1.807, 2.05) is 6.92 Å². The van der Waals surface area contributed by atoms with Crippen LogP contribution >= 0.6 is 0 Å². The van der Waals surface area contributed by atoms with Crippen molar-refractivity contribution in [2.45, 2.75) is 115 Å². The van der Waals surface area contributed by atoms with Gasteiger partial charge in [0.25, 0.3) is 0 Å². The standard InChI is InChI=1S/C26H44O9/c1-16(13-23(30)33-11-9-7-5-4-6-8-10-22(28)29)12-20-25(32)24(31)19(15-34-20)14-21-26(35-21)17(2)18(3)27/h13,17-21,24-27,31-32H,4-12,14-15H2,1-3H3,(H,28,29)/b16-13+/t17-,18-,19?,20-,21+,24+,25-,26-/m0/s1. The number of hydrogen-bond donors (Lipinski definition) is 4. The van der Waals surface area contributed by atoms with Crippen LogP contribution in [0.2, 0.25) is 0 Å². The summed E-state index contributed by atoms with van der Waals surface area (Å²) in [5, 5.41) is 39.5. The van der Waals surface area contributed by atoms with E-state index in [0.29, 0.717) is 38.0 Å². The first-order valence-electron chi connectivity index (χ1n) is 13.0. The van der Waals surface area contributed by atoms with Crippen molar-refractivity contribution in [1.29, 1.82) is 0 Å². The Balaban J connectivity index is 1.62. The number of aliphatic carboxylic acids is 1. The molecular formula is C26H44O9. The maximum absolute atomic E-state index is 12.1. The first-order valence-corrected chi connectivity index (χ1v) is 13.0. The number of esters is 1. The van der Waals surface area contributed by atoms with Crippen molar-refractivity contribution >= 4 is 11.9 Å². The van der Waals surface area contributed by atoms with Crippen molar-refractivity contribution < 1.29 is 44.2 Å². The molecule has 1 unspecified atom stereocenters. The van der Waals surface area contributed by atoms with E-state index in [0.717, 1.165) is 32.1 Å². The summed E-state index contributed by atoms with van der Waals surface area (Å²) in [6.07, 6.45) is 4.61. The van der Waals surface area contributed by atoms with Gasteiger partial charge >= 0.3 is 11.9 Å². The zero-order chi connectivity index (χ0) is 26.0. The van der Waals surface area contributed by atoms with Crippen LogP contribution in [0.4, 0.5) is 0 Å². The Labute approximate surface area is 208 Å². The fourth-order valence-electron chi connectivity index (χ4n) is 4.59. The number of aliphatic hydroxyl groups excluding tert-OH is 3. The predicted octanol–water partition coefficient (Wildman–Crippen LogP) is 2.59.